The third-order valence-corrected chi connectivity index (χ3v) is 7.22. The molecule has 1 atom stereocenters. The van der Waals surface area contributed by atoms with E-state index in [1.54, 1.807) is 64.7 Å². The van der Waals surface area contributed by atoms with Crippen molar-refractivity contribution in [3.63, 3.8) is 0 Å². The van der Waals surface area contributed by atoms with Gasteiger partial charge in [0.05, 0.1) is 17.4 Å². The van der Waals surface area contributed by atoms with Crippen LogP contribution in [-0.4, -0.2) is 62.3 Å². The van der Waals surface area contributed by atoms with Gasteiger partial charge in [-0.05, 0) is 72.4 Å². The Balaban J connectivity index is 1.72. The van der Waals surface area contributed by atoms with Gasteiger partial charge in [-0.15, -0.1) is 0 Å². The summed E-state index contributed by atoms with van der Waals surface area (Å²) in [5.41, 5.74) is -0.150. The molecule has 0 aliphatic heterocycles. The molecular formula is C28H40N6O6. The molecule has 1 saturated carbocycles. The van der Waals surface area contributed by atoms with Gasteiger partial charge in [-0.25, -0.2) is 9.78 Å². The number of hydrogen-bond acceptors (Lipinski definition) is 9. The van der Waals surface area contributed by atoms with E-state index in [0.717, 1.165) is 25.7 Å². The number of aliphatic hydroxyl groups excluding tert-OH is 1. The average molecular weight is 557 g/mol. The second-order valence-corrected chi connectivity index (χ2v) is 11.3. The Morgan fingerprint density at radius 3 is 2.65 bits per heavy atom. The summed E-state index contributed by atoms with van der Waals surface area (Å²) >= 11 is 0. The molecule has 1 amide bonds. The standard InChI is InChI=1S/C28H40N6O6/c1-8-39-25(36)19-17-29-34-22(32(6)26(37)40-27(2,3)4)16-21(31-23(19)34)30-20-10-9-15-33(24(20)35)18-11-13-28(5,38-7)14-12-18/h9-10,15-18,25,36H,8,11-14H2,1-7H3,(H,30,31)/t18-,25?,28-. The number of rotatable bonds is 8. The van der Waals surface area contributed by atoms with E-state index in [9.17, 15) is 14.7 Å². The summed E-state index contributed by atoms with van der Waals surface area (Å²) < 4.78 is 19.8. The van der Waals surface area contributed by atoms with E-state index in [-0.39, 0.29) is 35.3 Å². The average Bonchev–Trinajstić information content (AvgIpc) is 3.33. The van der Waals surface area contributed by atoms with Gasteiger partial charge in [0.15, 0.2) is 11.9 Å². The molecule has 3 aromatic rings. The number of aliphatic hydroxyl groups is 1. The Morgan fingerprint density at radius 1 is 1.32 bits per heavy atom. The van der Waals surface area contributed by atoms with Gasteiger partial charge < -0.3 is 29.2 Å². The molecule has 3 heterocycles. The summed E-state index contributed by atoms with van der Waals surface area (Å²) in [5, 5.41) is 18.0. The number of carbonyl (C=O) groups excluding carboxylic acids is 1. The first-order chi connectivity index (χ1) is 18.9. The number of methoxy groups -OCH3 is 1. The topological polar surface area (TPSA) is 132 Å². The quantitative estimate of drug-likeness (QED) is 0.383. The lowest BCUT2D eigenvalue weighted by Gasteiger charge is -2.36. The maximum Gasteiger partial charge on any atom is 0.415 e. The molecule has 1 unspecified atom stereocenters. The summed E-state index contributed by atoms with van der Waals surface area (Å²) in [5.74, 6) is 0.605. The molecule has 218 valence electrons. The Morgan fingerprint density at radius 2 is 2.02 bits per heavy atom. The van der Waals surface area contributed by atoms with E-state index in [2.05, 4.69) is 22.3 Å². The fourth-order valence-corrected chi connectivity index (χ4v) is 4.84. The van der Waals surface area contributed by atoms with Crippen LogP contribution in [0.25, 0.3) is 5.65 Å². The molecule has 4 rings (SSSR count). The van der Waals surface area contributed by atoms with Crippen LogP contribution in [0.1, 0.15) is 78.2 Å². The summed E-state index contributed by atoms with van der Waals surface area (Å²) in [7, 11) is 3.29. The number of amides is 1. The molecule has 12 nitrogen and oxygen atoms in total. The number of aromatic nitrogens is 4. The fraction of sp³-hybridized carbons (Fsp3) is 0.571. The molecule has 2 N–H and O–H groups in total. The molecular weight excluding hydrogens is 516 g/mol. The van der Waals surface area contributed by atoms with Crippen molar-refractivity contribution in [2.24, 2.45) is 0 Å². The molecule has 0 bridgehead atoms. The van der Waals surface area contributed by atoms with Gasteiger partial charge in [0.1, 0.15) is 22.9 Å². The molecule has 12 heteroatoms. The molecule has 3 aromatic heterocycles. The van der Waals surface area contributed by atoms with E-state index in [1.165, 1.54) is 15.6 Å². The highest BCUT2D eigenvalue weighted by molar-refractivity contribution is 5.87. The largest absolute Gasteiger partial charge is 0.443 e. The number of fused-ring (bicyclic) bond motifs is 1. The highest BCUT2D eigenvalue weighted by Gasteiger charge is 2.32. The predicted molar refractivity (Wildman–Crippen MR) is 151 cm³/mol. The van der Waals surface area contributed by atoms with Crippen molar-refractivity contribution in [3.8, 4) is 0 Å². The van der Waals surface area contributed by atoms with Crippen LogP contribution in [-0.2, 0) is 14.2 Å². The molecule has 1 aliphatic rings. The minimum Gasteiger partial charge on any atom is -0.443 e. The number of pyridine rings is 1. The SMILES string of the molecule is CCOC(O)c1cnn2c(N(C)C(=O)OC(C)(C)C)cc(Nc3cccn([C@H]4CC[C@](C)(OC)CC4)c3=O)nc12. The molecule has 0 radical (unpaired) electrons. The monoisotopic (exact) mass is 556 g/mol. The molecule has 0 saturated heterocycles. The number of nitrogens with zero attached hydrogens (tertiary/aromatic N) is 5. The van der Waals surface area contributed by atoms with E-state index in [1.807, 2.05) is 6.07 Å². The lowest BCUT2D eigenvalue weighted by Crippen LogP contribution is -2.36. The molecule has 40 heavy (non-hydrogen) atoms. The van der Waals surface area contributed by atoms with Crippen molar-refractivity contribution in [1.29, 1.82) is 0 Å². The van der Waals surface area contributed by atoms with Gasteiger partial charge in [0.25, 0.3) is 5.56 Å². The molecule has 0 aromatic carbocycles. The van der Waals surface area contributed by atoms with Crippen molar-refractivity contribution in [1.82, 2.24) is 19.2 Å². The van der Waals surface area contributed by atoms with Crippen LogP contribution in [0.2, 0.25) is 0 Å². The maximum atomic E-state index is 13.5. The fourth-order valence-electron chi connectivity index (χ4n) is 4.84. The van der Waals surface area contributed by atoms with Crippen LogP contribution in [0.4, 0.5) is 22.1 Å². The zero-order valence-corrected chi connectivity index (χ0v) is 24.3. The summed E-state index contributed by atoms with van der Waals surface area (Å²) in [4.78, 5) is 32.4. The van der Waals surface area contributed by atoms with E-state index in [0.29, 0.717) is 17.1 Å². The van der Waals surface area contributed by atoms with Crippen LogP contribution >= 0.6 is 0 Å². The van der Waals surface area contributed by atoms with Crippen LogP contribution in [0.3, 0.4) is 0 Å². The van der Waals surface area contributed by atoms with Gasteiger partial charge in [-0.3, -0.25) is 9.69 Å². The predicted octanol–water partition coefficient (Wildman–Crippen LogP) is 4.55. The summed E-state index contributed by atoms with van der Waals surface area (Å²) in [6.07, 6.45) is 4.75. The number of anilines is 3. The van der Waals surface area contributed by atoms with Crippen molar-refractivity contribution < 1.29 is 24.1 Å². The molecule has 0 spiro atoms. The number of ether oxygens (including phenoxy) is 3. The summed E-state index contributed by atoms with van der Waals surface area (Å²) in [6, 6.07) is 5.17. The maximum absolute atomic E-state index is 13.5. The second kappa shape index (κ2) is 11.6. The van der Waals surface area contributed by atoms with E-state index in [4.69, 9.17) is 14.2 Å². The Hall–Kier alpha value is -3.48. The number of carbonyl (C=O) groups is 1. The van der Waals surface area contributed by atoms with Gasteiger partial charge in [0, 0.05) is 39.1 Å². The van der Waals surface area contributed by atoms with Gasteiger partial charge in [-0.2, -0.15) is 9.61 Å². The minimum atomic E-state index is -1.28. The zero-order valence-electron chi connectivity index (χ0n) is 24.3. The van der Waals surface area contributed by atoms with Crippen molar-refractivity contribution in [2.75, 3.05) is 31.0 Å². The van der Waals surface area contributed by atoms with E-state index < -0.39 is 18.0 Å². The summed E-state index contributed by atoms with van der Waals surface area (Å²) in [6.45, 7) is 9.47. The number of nitrogens with one attached hydrogen (secondary N) is 1. The van der Waals surface area contributed by atoms with Crippen molar-refractivity contribution >= 4 is 29.1 Å². The van der Waals surface area contributed by atoms with E-state index >= 15 is 0 Å². The van der Waals surface area contributed by atoms with Crippen molar-refractivity contribution in [2.45, 2.75) is 83.8 Å². The molecule has 1 aliphatic carbocycles. The Kier molecular flexibility index (Phi) is 8.52. The zero-order chi connectivity index (χ0) is 29.2. The van der Waals surface area contributed by atoms with Crippen LogP contribution in [0, 0.1) is 0 Å². The second-order valence-electron chi connectivity index (χ2n) is 11.3. The van der Waals surface area contributed by atoms with Gasteiger partial charge in [-0.1, -0.05) is 0 Å². The van der Waals surface area contributed by atoms with Crippen molar-refractivity contribution in [3.05, 3.63) is 46.5 Å². The molecule has 1 fully saturated rings. The third kappa shape index (κ3) is 6.29. The smallest absolute Gasteiger partial charge is 0.415 e. The van der Waals surface area contributed by atoms with Crippen LogP contribution < -0.4 is 15.8 Å². The first kappa shape index (κ1) is 29.5. The first-order valence-corrected chi connectivity index (χ1v) is 13.5. The Labute approximate surface area is 233 Å². The number of hydrogen-bond donors (Lipinski definition) is 2. The van der Waals surface area contributed by atoms with Gasteiger partial charge in [0.2, 0.25) is 0 Å². The lowest BCUT2D eigenvalue weighted by molar-refractivity contribution is -0.0971. The lowest BCUT2D eigenvalue weighted by atomic mass is 9.83. The highest BCUT2D eigenvalue weighted by Crippen LogP contribution is 2.36. The third-order valence-electron chi connectivity index (χ3n) is 7.22. The minimum absolute atomic E-state index is 0.0598. The van der Waals surface area contributed by atoms with Crippen LogP contribution in [0.15, 0.2) is 35.4 Å². The highest BCUT2D eigenvalue weighted by atomic mass is 16.6. The first-order valence-electron chi connectivity index (χ1n) is 13.5. The Bertz CT molecular complexity index is 1400. The normalized spacial score (nSPS) is 20.4. The van der Waals surface area contributed by atoms with Gasteiger partial charge >= 0.3 is 6.09 Å². The van der Waals surface area contributed by atoms with Crippen LogP contribution in [0.5, 0.6) is 0 Å².